The summed E-state index contributed by atoms with van der Waals surface area (Å²) < 4.78 is 12.8. The molecule has 1 saturated heterocycles. The number of nitrogens with zero attached hydrogens (tertiary/aromatic N) is 3. The second-order valence-electron chi connectivity index (χ2n) is 7.65. The molecule has 3 heterocycles. The first-order chi connectivity index (χ1) is 15.2. The number of hydrogen-bond acceptors (Lipinski definition) is 6. The van der Waals surface area contributed by atoms with E-state index < -0.39 is 0 Å². The molecule has 1 aliphatic rings. The number of rotatable bonds is 5. The van der Waals surface area contributed by atoms with E-state index in [1.165, 1.54) is 10.3 Å². The van der Waals surface area contributed by atoms with Gasteiger partial charge in [0.25, 0.3) is 5.91 Å². The predicted molar refractivity (Wildman–Crippen MR) is 124 cm³/mol. The Balaban J connectivity index is 1.29. The Morgan fingerprint density at radius 3 is 2.74 bits per heavy atom. The Labute approximate surface area is 185 Å². The van der Waals surface area contributed by atoms with Crippen molar-refractivity contribution in [3.8, 4) is 5.75 Å². The van der Waals surface area contributed by atoms with Gasteiger partial charge in [0, 0.05) is 31.6 Å². The Kier molecular flexibility index (Phi) is 5.28. The van der Waals surface area contributed by atoms with E-state index >= 15 is 0 Å². The van der Waals surface area contributed by atoms with Gasteiger partial charge >= 0.3 is 0 Å². The topological polar surface area (TPSA) is 58.8 Å². The zero-order valence-electron chi connectivity index (χ0n) is 17.8. The standard InChI is InChI=1S/C24H25N3O3S/c1-3-16-8-9-18-21(14-16)31-24(25-18)27-12-10-26(11-13-27)23(28)20-15-17-6-5-7-19(29-4-2)22(17)30-20/h5-9,14-15H,3-4,10-13H2,1-2H3. The van der Waals surface area contributed by atoms with Gasteiger partial charge in [-0.25, -0.2) is 4.98 Å². The number of para-hydroxylation sites is 1. The Morgan fingerprint density at radius 2 is 1.97 bits per heavy atom. The summed E-state index contributed by atoms with van der Waals surface area (Å²) >= 11 is 1.73. The van der Waals surface area contributed by atoms with Crippen LogP contribution in [0.5, 0.6) is 5.75 Å². The number of fused-ring (bicyclic) bond motifs is 2. The van der Waals surface area contributed by atoms with E-state index in [1.54, 1.807) is 11.3 Å². The fraction of sp³-hybridized carbons (Fsp3) is 0.333. The number of hydrogen-bond donors (Lipinski definition) is 0. The van der Waals surface area contributed by atoms with E-state index in [2.05, 4.69) is 30.0 Å². The molecule has 0 saturated carbocycles. The summed E-state index contributed by atoms with van der Waals surface area (Å²) in [5.74, 6) is 0.962. The van der Waals surface area contributed by atoms with Crippen molar-refractivity contribution in [1.82, 2.24) is 9.88 Å². The molecule has 0 spiro atoms. The first-order valence-corrected chi connectivity index (χ1v) is 11.6. The van der Waals surface area contributed by atoms with Gasteiger partial charge in [0.1, 0.15) is 0 Å². The van der Waals surface area contributed by atoms with Crippen molar-refractivity contribution in [3.05, 3.63) is 53.8 Å². The fourth-order valence-electron chi connectivity index (χ4n) is 3.98. The molecule has 0 unspecified atom stereocenters. The van der Waals surface area contributed by atoms with Gasteiger partial charge in [0.2, 0.25) is 0 Å². The number of carbonyl (C=O) groups is 1. The first-order valence-electron chi connectivity index (χ1n) is 10.7. The summed E-state index contributed by atoms with van der Waals surface area (Å²) in [6.07, 6.45) is 1.03. The molecule has 1 amide bonds. The highest BCUT2D eigenvalue weighted by atomic mass is 32.1. The number of aromatic nitrogens is 1. The van der Waals surface area contributed by atoms with Crippen molar-refractivity contribution in [1.29, 1.82) is 0 Å². The molecule has 1 aliphatic heterocycles. The van der Waals surface area contributed by atoms with Crippen molar-refractivity contribution in [2.24, 2.45) is 0 Å². The number of thiazole rings is 1. The highest BCUT2D eigenvalue weighted by Gasteiger charge is 2.26. The largest absolute Gasteiger partial charge is 0.490 e. The fourth-order valence-corrected chi connectivity index (χ4v) is 5.06. The molecule has 0 atom stereocenters. The zero-order chi connectivity index (χ0) is 21.4. The minimum Gasteiger partial charge on any atom is -0.490 e. The Morgan fingerprint density at radius 1 is 1.13 bits per heavy atom. The second-order valence-corrected chi connectivity index (χ2v) is 8.66. The average Bonchev–Trinajstić information content (AvgIpc) is 3.43. The third kappa shape index (κ3) is 3.74. The third-order valence-corrected chi connectivity index (χ3v) is 6.78. The number of benzene rings is 2. The van der Waals surface area contributed by atoms with E-state index in [0.29, 0.717) is 36.8 Å². The molecule has 160 valence electrons. The predicted octanol–water partition coefficient (Wildman–Crippen LogP) is 4.97. The second kappa shape index (κ2) is 8.23. The lowest BCUT2D eigenvalue weighted by atomic mass is 10.2. The van der Waals surface area contributed by atoms with E-state index in [9.17, 15) is 4.79 Å². The molecule has 0 aliphatic carbocycles. The molecule has 5 rings (SSSR count). The number of amides is 1. The zero-order valence-corrected chi connectivity index (χ0v) is 18.6. The van der Waals surface area contributed by atoms with Gasteiger partial charge in [0.05, 0.1) is 16.8 Å². The Bertz CT molecular complexity index is 1240. The molecule has 2 aromatic carbocycles. The third-order valence-electron chi connectivity index (χ3n) is 5.71. The van der Waals surface area contributed by atoms with Gasteiger partial charge in [-0.05, 0) is 43.2 Å². The maximum atomic E-state index is 13.1. The van der Waals surface area contributed by atoms with E-state index in [1.807, 2.05) is 36.1 Å². The molecule has 0 radical (unpaired) electrons. The smallest absolute Gasteiger partial charge is 0.289 e. The van der Waals surface area contributed by atoms with Crippen LogP contribution in [0.1, 0.15) is 30.0 Å². The molecular formula is C24H25N3O3S. The van der Waals surface area contributed by atoms with Crippen LogP contribution in [-0.4, -0.2) is 48.6 Å². The van der Waals surface area contributed by atoms with Crippen molar-refractivity contribution in [3.63, 3.8) is 0 Å². The summed E-state index contributed by atoms with van der Waals surface area (Å²) in [5, 5.41) is 1.91. The average molecular weight is 436 g/mol. The van der Waals surface area contributed by atoms with Crippen LogP contribution < -0.4 is 9.64 Å². The lowest BCUT2D eigenvalue weighted by molar-refractivity contribution is 0.0717. The monoisotopic (exact) mass is 435 g/mol. The lowest BCUT2D eigenvalue weighted by Gasteiger charge is -2.34. The van der Waals surface area contributed by atoms with Crippen LogP contribution in [0.2, 0.25) is 0 Å². The first kappa shape index (κ1) is 19.9. The van der Waals surface area contributed by atoms with E-state index in [0.717, 1.165) is 35.5 Å². The van der Waals surface area contributed by atoms with Gasteiger partial charge in [-0.2, -0.15) is 0 Å². The number of furan rings is 1. The van der Waals surface area contributed by atoms with Gasteiger partial charge in [0.15, 0.2) is 22.2 Å². The Hall–Kier alpha value is -3.06. The minimum absolute atomic E-state index is 0.0739. The van der Waals surface area contributed by atoms with Crippen molar-refractivity contribution in [2.45, 2.75) is 20.3 Å². The van der Waals surface area contributed by atoms with Crippen LogP contribution in [0.3, 0.4) is 0 Å². The summed E-state index contributed by atoms with van der Waals surface area (Å²) in [6, 6.07) is 14.0. The summed E-state index contributed by atoms with van der Waals surface area (Å²) in [4.78, 5) is 22.0. The summed E-state index contributed by atoms with van der Waals surface area (Å²) in [7, 11) is 0. The summed E-state index contributed by atoms with van der Waals surface area (Å²) in [6.45, 7) is 7.46. The van der Waals surface area contributed by atoms with Crippen LogP contribution in [0.4, 0.5) is 5.13 Å². The quantitative estimate of drug-likeness (QED) is 0.443. The molecule has 4 aromatic rings. The molecule has 2 aromatic heterocycles. The normalized spacial score (nSPS) is 14.5. The molecule has 6 nitrogen and oxygen atoms in total. The SMILES string of the molecule is CCOc1cccc2cc(C(=O)N3CCN(c4nc5ccc(CC)cc5s4)CC3)oc12. The lowest BCUT2D eigenvalue weighted by Crippen LogP contribution is -2.48. The van der Waals surface area contributed by atoms with Crippen LogP contribution >= 0.6 is 11.3 Å². The minimum atomic E-state index is -0.0739. The number of anilines is 1. The highest BCUT2D eigenvalue weighted by molar-refractivity contribution is 7.22. The van der Waals surface area contributed by atoms with Gasteiger partial charge < -0.3 is 19.0 Å². The molecule has 0 N–H and O–H groups in total. The van der Waals surface area contributed by atoms with Crippen LogP contribution in [0, 0.1) is 0 Å². The van der Waals surface area contributed by atoms with Crippen LogP contribution in [-0.2, 0) is 6.42 Å². The number of ether oxygens (including phenoxy) is 1. The molecule has 1 fully saturated rings. The molecule has 31 heavy (non-hydrogen) atoms. The van der Waals surface area contributed by atoms with Gasteiger partial charge in [-0.3, -0.25) is 4.79 Å². The van der Waals surface area contributed by atoms with Crippen molar-refractivity contribution in [2.75, 3.05) is 37.7 Å². The van der Waals surface area contributed by atoms with Crippen LogP contribution in [0.15, 0.2) is 46.9 Å². The van der Waals surface area contributed by atoms with E-state index in [-0.39, 0.29) is 5.91 Å². The maximum absolute atomic E-state index is 13.1. The number of carbonyl (C=O) groups excluding carboxylic acids is 1. The van der Waals surface area contributed by atoms with Crippen molar-refractivity contribution < 1.29 is 13.9 Å². The molecular weight excluding hydrogens is 410 g/mol. The van der Waals surface area contributed by atoms with Crippen molar-refractivity contribution >= 4 is 43.6 Å². The van der Waals surface area contributed by atoms with E-state index in [4.69, 9.17) is 14.1 Å². The molecule has 0 bridgehead atoms. The maximum Gasteiger partial charge on any atom is 0.289 e. The highest BCUT2D eigenvalue weighted by Crippen LogP contribution is 2.32. The van der Waals surface area contributed by atoms with Gasteiger partial charge in [-0.15, -0.1) is 0 Å². The summed E-state index contributed by atoms with van der Waals surface area (Å²) in [5.41, 5.74) is 3.01. The number of aryl methyl sites for hydroxylation is 1. The van der Waals surface area contributed by atoms with Crippen LogP contribution in [0.25, 0.3) is 21.2 Å². The van der Waals surface area contributed by atoms with Gasteiger partial charge in [-0.1, -0.05) is 36.5 Å². The molecule has 7 heteroatoms. The number of piperazine rings is 1.